The fraction of sp³-hybridized carbons (Fsp3) is 0.571. The Balaban J connectivity index is 1.77. The van der Waals surface area contributed by atoms with E-state index in [-0.39, 0.29) is 12.3 Å². The summed E-state index contributed by atoms with van der Waals surface area (Å²) in [5, 5.41) is 11.1. The van der Waals surface area contributed by atoms with Gasteiger partial charge < -0.3 is 14.8 Å². The molecule has 0 bridgehead atoms. The van der Waals surface area contributed by atoms with Crippen LogP contribution in [0.3, 0.4) is 0 Å². The van der Waals surface area contributed by atoms with Crippen LogP contribution in [0.5, 0.6) is 0 Å². The Bertz CT molecular complexity index is 480. The number of carbonyl (C=O) groups is 2. The second kappa shape index (κ2) is 5.47. The highest BCUT2D eigenvalue weighted by molar-refractivity contribution is 5.83. The summed E-state index contributed by atoms with van der Waals surface area (Å²) in [6.45, 7) is 3.63. The molecule has 1 aromatic heterocycles. The van der Waals surface area contributed by atoms with E-state index in [9.17, 15) is 9.59 Å². The first-order chi connectivity index (χ1) is 8.97. The number of rotatable bonds is 6. The summed E-state index contributed by atoms with van der Waals surface area (Å²) in [5.41, 5.74) is 0. The molecule has 3 atom stereocenters. The zero-order valence-corrected chi connectivity index (χ0v) is 11.2. The molecule has 1 amide bonds. The van der Waals surface area contributed by atoms with Crippen LogP contribution in [-0.2, 0) is 16.0 Å². The molecule has 1 heterocycles. The predicted molar refractivity (Wildman–Crippen MR) is 68.8 cm³/mol. The van der Waals surface area contributed by atoms with Gasteiger partial charge in [-0.1, -0.05) is 6.92 Å². The third-order valence-corrected chi connectivity index (χ3v) is 3.50. The first-order valence-corrected chi connectivity index (χ1v) is 6.58. The van der Waals surface area contributed by atoms with Crippen molar-refractivity contribution in [2.45, 2.75) is 45.1 Å². The minimum Gasteiger partial charge on any atom is -0.480 e. The van der Waals surface area contributed by atoms with E-state index in [4.69, 9.17) is 9.52 Å². The molecule has 1 aliphatic rings. The van der Waals surface area contributed by atoms with Crippen LogP contribution in [-0.4, -0.2) is 23.0 Å². The van der Waals surface area contributed by atoms with Crippen LogP contribution in [0.15, 0.2) is 16.5 Å². The Labute approximate surface area is 112 Å². The van der Waals surface area contributed by atoms with Crippen LogP contribution in [0, 0.1) is 5.92 Å². The smallest absolute Gasteiger partial charge is 0.325 e. The summed E-state index contributed by atoms with van der Waals surface area (Å²) in [6, 6.07) is 3.02. The second-order valence-electron chi connectivity index (χ2n) is 5.25. The van der Waals surface area contributed by atoms with Gasteiger partial charge in [0.25, 0.3) is 0 Å². The van der Waals surface area contributed by atoms with E-state index in [1.54, 1.807) is 0 Å². The van der Waals surface area contributed by atoms with E-state index in [2.05, 4.69) is 12.2 Å². The third-order valence-electron chi connectivity index (χ3n) is 3.50. The van der Waals surface area contributed by atoms with Crippen molar-refractivity contribution in [2.75, 3.05) is 0 Å². The van der Waals surface area contributed by atoms with Gasteiger partial charge in [0, 0.05) is 18.8 Å². The molecule has 1 aromatic rings. The van der Waals surface area contributed by atoms with Gasteiger partial charge in [0.05, 0.1) is 0 Å². The number of furan rings is 1. The summed E-state index contributed by atoms with van der Waals surface area (Å²) in [7, 11) is 0. The van der Waals surface area contributed by atoms with Gasteiger partial charge in [0.1, 0.15) is 17.6 Å². The molecule has 2 N–H and O–H groups in total. The second-order valence-corrected chi connectivity index (χ2v) is 5.25. The van der Waals surface area contributed by atoms with Crippen molar-refractivity contribution >= 4 is 11.9 Å². The number of hydrogen-bond acceptors (Lipinski definition) is 3. The van der Waals surface area contributed by atoms with Gasteiger partial charge in [-0.05, 0) is 31.4 Å². The Hall–Kier alpha value is -1.78. The maximum Gasteiger partial charge on any atom is 0.325 e. The first-order valence-electron chi connectivity index (χ1n) is 6.58. The van der Waals surface area contributed by atoms with Crippen LogP contribution >= 0.6 is 0 Å². The van der Waals surface area contributed by atoms with Gasteiger partial charge in [0.15, 0.2) is 0 Å². The topological polar surface area (TPSA) is 79.5 Å². The van der Waals surface area contributed by atoms with Gasteiger partial charge in [-0.2, -0.15) is 0 Å². The van der Waals surface area contributed by atoms with E-state index in [0.717, 1.165) is 11.5 Å². The third kappa shape index (κ3) is 3.59. The lowest BCUT2D eigenvalue weighted by atomic mass is 10.2. The number of aliphatic carboxylic acids is 1. The fourth-order valence-electron chi connectivity index (χ4n) is 2.06. The van der Waals surface area contributed by atoms with Crippen LogP contribution in [0.25, 0.3) is 0 Å². The highest BCUT2D eigenvalue weighted by Crippen LogP contribution is 2.47. The number of carboxylic acid groups (broad SMARTS) is 1. The van der Waals surface area contributed by atoms with Crippen LogP contribution in [0.4, 0.5) is 0 Å². The summed E-state index contributed by atoms with van der Waals surface area (Å²) in [4.78, 5) is 22.1. The number of amides is 1. The Kier molecular flexibility index (Phi) is 3.93. The lowest BCUT2D eigenvalue weighted by Gasteiger charge is -2.08. The van der Waals surface area contributed by atoms with E-state index < -0.39 is 12.0 Å². The molecule has 0 saturated heterocycles. The summed E-state index contributed by atoms with van der Waals surface area (Å²) in [6.07, 6.45) is 1.91. The van der Waals surface area contributed by atoms with Gasteiger partial charge in [0.2, 0.25) is 5.91 Å². The molecule has 0 aromatic carbocycles. The number of nitrogens with one attached hydrogen (secondary N) is 1. The molecule has 0 aliphatic heterocycles. The Morgan fingerprint density at radius 2 is 2.21 bits per heavy atom. The molecule has 104 valence electrons. The van der Waals surface area contributed by atoms with Crippen molar-refractivity contribution in [3.05, 3.63) is 23.7 Å². The van der Waals surface area contributed by atoms with Crippen molar-refractivity contribution in [2.24, 2.45) is 5.92 Å². The lowest BCUT2D eigenvalue weighted by Crippen LogP contribution is -2.38. The quantitative estimate of drug-likeness (QED) is 0.823. The largest absolute Gasteiger partial charge is 0.480 e. The highest BCUT2D eigenvalue weighted by Gasteiger charge is 2.36. The predicted octanol–water partition coefficient (Wildman–Crippen LogP) is 1.92. The number of carbonyl (C=O) groups excluding carboxylic acids is 1. The average Bonchev–Trinajstić information content (AvgIpc) is 2.90. The molecule has 1 saturated carbocycles. The van der Waals surface area contributed by atoms with Crippen molar-refractivity contribution in [1.29, 1.82) is 0 Å². The Morgan fingerprint density at radius 1 is 1.53 bits per heavy atom. The molecular formula is C14H19NO4. The molecule has 0 radical (unpaired) electrons. The molecule has 5 nitrogen and oxygen atoms in total. The molecule has 1 fully saturated rings. The molecule has 5 heteroatoms. The van der Waals surface area contributed by atoms with E-state index in [1.807, 2.05) is 12.1 Å². The zero-order chi connectivity index (χ0) is 14.0. The van der Waals surface area contributed by atoms with Crippen molar-refractivity contribution in [3.8, 4) is 0 Å². The molecule has 19 heavy (non-hydrogen) atoms. The van der Waals surface area contributed by atoms with Gasteiger partial charge in [-0.15, -0.1) is 0 Å². The molecule has 2 unspecified atom stereocenters. The Morgan fingerprint density at radius 3 is 2.79 bits per heavy atom. The highest BCUT2D eigenvalue weighted by atomic mass is 16.4. The lowest BCUT2D eigenvalue weighted by molar-refractivity contribution is -0.141. The maximum atomic E-state index is 11.5. The average molecular weight is 265 g/mol. The minimum absolute atomic E-state index is 0.241. The molecular weight excluding hydrogens is 246 g/mol. The number of hydrogen-bond donors (Lipinski definition) is 2. The summed E-state index contributed by atoms with van der Waals surface area (Å²) >= 11 is 0. The van der Waals surface area contributed by atoms with Crippen LogP contribution < -0.4 is 5.32 Å². The fourth-order valence-corrected chi connectivity index (χ4v) is 2.06. The monoisotopic (exact) mass is 265 g/mol. The van der Waals surface area contributed by atoms with Crippen LogP contribution in [0.1, 0.15) is 44.1 Å². The first kappa shape index (κ1) is 13.6. The van der Waals surface area contributed by atoms with E-state index in [1.165, 1.54) is 13.3 Å². The van der Waals surface area contributed by atoms with E-state index >= 15 is 0 Å². The molecule has 1 aliphatic carbocycles. The summed E-state index contributed by atoms with van der Waals surface area (Å²) in [5.74, 6) is 1.71. The van der Waals surface area contributed by atoms with E-state index in [0.29, 0.717) is 18.3 Å². The van der Waals surface area contributed by atoms with Gasteiger partial charge in [-0.3, -0.25) is 9.59 Å². The normalized spacial score (nSPS) is 22.8. The zero-order valence-electron chi connectivity index (χ0n) is 11.2. The van der Waals surface area contributed by atoms with Crippen molar-refractivity contribution < 1.29 is 19.1 Å². The van der Waals surface area contributed by atoms with Gasteiger partial charge in [-0.25, -0.2) is 0 Å². The molecule has 0 spiro atoms. The maximum absolute atomic E-state index is 11.5. The van der Waals surface area contributed by atoms with Gasteiger partial charge >= 0.3 is 5.97 Å². The molecule has 2 rings (SSSR count). The van der Waals surface area contributed by atoms with Crippen LogP contribution in [0.2, 0.25) is 0 Å². The van der Waals surface area contributed by atoms with Crippen molar-refractivity contribution in [1.82, 2.24) is 5.32 Å². The number of carboxylic acids is 1. The SMILES string of the molecule is CC1CC1c1ccc(CCC(=O)N[C@H](C)C(=O)O)o1. The minimum atomic E-state index is -1.03. The standard InChI is InChI=1S/C14H19NO4/c1-8-7-11(8)12-5-3-10(19-12)4-6-13(16)15-9(2)14(17)18/h3,5,8-9,11H,4,6-7H2,1-2H3,(H,15,16)(H,17,18)/t8?,9-,11?/m1/s1. The number of aryl methyl sites for hydroxylation is 1. The van der Waals surface area contributed by atoms with Crippen molar-refractivity contribution in [3.63, 3.8) is 0 Å². The summed E-state index contributed by atoms with van der Waals surface area (Å²) < 4.78 is 5.68.